The summed E-state index contributed by atoms with van der Waals surface area (Å²) >= 11 is 0. The first-order valence-electron chi connectivity index (χ1n) is 9.96. The molecule has 152 valence electrons. The van der Waals surface area contributed by atoms with Crippen LogP contribution in [0.5, 0.6) is 11.5 Å². The normalized spacial score (nSPS) is 18.8. The van der Waals surface area contributed by atoms with Crippen LogP contribution in [0.2, 0.25) is 0 Å². The largest absolute Gasteiger partial charge is 0.486 e. The fraction of sp³-hybridized carbons (Fsp3) is 0.364. The van der Waals surface area contributed by atoms with E-state index in [2.05, 4.69) is 10.6 Å². The highest BCUT2D eigenvalue weighted by Gasteiger charge is 2.26. The lowest BCUT2D eigenvalue weighted by Gasteiger charge is -2.33. The molecule has 7 heteroatoms. The van der Waals surface area contributed by atoms with E-state index >= 15 is 0 Å². The van der Waals surface area contributed by atoms with Crippen molar-refractivity contribution in [1.29, 1.82) is 0 Å². The Morgan fingerprint density at radius 3 is 2.41 bits per heavy atom. The van der Waals surface area contributed by atoms with Gasteiger partial charge >= 0.3 is 6.03 Å². The number of likely N-dealkylation sites (tertiary alicyclic amines) is 1. The minimum atomic E-state index is -0.212. The third-order valence-corrected chi connectivity index (χ3v) is 5.20. The average molecular weight is 395 g/mol. The molecule has 1 atom stereocenters. The Labute approximate surface area is 170 Å². The van der Waals surface area contributed by atoms with Crippen LogP contribution in [0.15, 0.2) is 54.6 Å². The summed E-state index contributed by atoms with van der Waals surface area (Å²) in [5, 5.41) is 5.98. The van der Waals surface area contributed by atoms with Gasteiger partial charge in [0.25, 0.3) is 5.91 Å². The summed E-state index contributed by atoms with van der Waals surface area (Å²) in [5.74, 6) is 1.37. The number of ether oxygens (including phenoxy) is 2. The van der Waals surface area contributed by atoms with Crippen molar-refractivity contribution in [2.24, 2.45) is 0 Å². The zero-order chi connectivity index (χ0) is 20.1. The molecule has 0 spiro atoms. The summed E-state index contributed by atoms with van der Waals surface area (Å²) in [5.41, 5.74) is 0.656. The molecule has 0 saturated carbocycles. The lowest BCUT2D eigenvalue weighted by molar-refractivity contribution is 0.0880. The zero-order valence-corrected chi connectivity index (χ0v) is 16.2. The number of fused-ring (bicyclic) bond motifs is 1. The third-order valence-electron chi connectivity index (χ3n) is 5.20. The standard InChI is InChI=1S/C22H25N3O4/c26-21(16-6-2-1-3-7-16)24-17-10-12-25(13-11-17)22(27)23-14-18-15-28-19-8-4-5-9-20(19)29-18/h1-9,17-18H,10-15H2,(H,23,27)(H,24,26)/t18-/m1/s1. The van der Waals surface area contributed by atoms with E-state index in [1.165, 1.54) is 0 Å². The second-order valence-electron chi connectivity index (χ2n) is 7.28. The monoisotopic (exact) mass is 395 g/mol. The van der Waals surface area contributed by atoms with Gasteiger partial charge in [0.2, 0.25) is 0 Å². The van der Waals surface area contributed by atoms with Gasteiger partial charge < -0.3 is 25.0 Å². The molecule has 2 aliphatic heterocycles. The van der Waals surface area contributed by atoms with Crippen LogP contribution < -0.4 is 20.1 Å². The molecule has 0 bridgehead atoms. The first kappa shape index (κ1) is 19.1. The SMILES string of the molecule is O=C(NC1CCN(C(=O)NC[C@@H]2COc3ccccc3O2)CC1)c1ccccc1. The van der Waals surface area contributed by atoms with Crippen LogP contribution in [-0.4, -0.2) is 55.2 Å². The number of urea groups is 1. The average Bonchev–Trinajstić information content (AvgIpc) is 2.78. The van der Waals surface area contributed by atoms with Crippen LogP contribution >= 0.6 is 0 Å². The molecule has 29 heavy (non-hydrogen) atoms. The molecule has 7 nitrogen and oxygen atoms in total. The Morgan fingerprint density at radius 1 is 0.966 bits per heavy atom. The Hall–Kier alpha value is -3.22. The van der Waals surface area contributed by atoms with Gasteiger partial charge in [-0.1, -0.05) is 30.3 Å². The summed E-state index contributed by atoms with van der Waals surface area (Å²) in [6, 6.07) is 16.7. The van der Waals surface area contributed by atoms with Crippen LogP contribution in [0.1, 0.15) is 23.2 Å². The Balaban J connectivity index is 1.19. The number of nitrogens with zero attached hydrogens (tertiary/aromatic N) is 1. The lowest BCUT2D eigenvalue weighted by Crippen LogP contribution is -2.51. The highest BCUT2D eigenvalue weighted by atomic mass is 16.6. The van der Waals surface area contributed by atoms with Gasteiger partial charge in [-0.3, -0.25) is 4.79 Å². The number of para-hydroxylation sites is 2. The maximum atomic E-state index is 12.5. The molecule has 4 rings (SSSR count). The van der Waals surface area contributed by atoms with Crippen LogP contribution in [0.4, 0.5) is 4.79 Å². The van der Waals surface area contributed by atoms with Gasteiger partial charge in [-0.25, -0.2) is 4.79 Å². The van der Waals surface area contributed by atoms with E-state index in [0.717, 1.165) is 18.6 Å². The van der Waals surface area contributed by atoms with Gasteiger partial charge in [0.05, 0.1) is 6.54 Å². The quantitative estimate of drug-likeness (QED) is 0.833. The number of hydrogen-bond donors (Lipinski definition) is 2. The van der Waals surface area contributed by atoms with Crippen molar-refractivity contribution >= 4 is 11.9 Å². The molecule has 0 aromatic heterocycles. The van der Waals surface area contributed by atoms with Gasteiger partial charge in [0.1, 0.15) is 6.61 Å². The van der Waals surface area contributed by atoms with Crippen molar-refractivity contribution in [3.05, 3.63) is 60.2 Å². The van der Waals surface area contributed by atoms with Crippen molar-refractivity contribution in [3.8, 4) is 11.5 Å². The van der Waals surface area contributed by atoms with Crippen LogP contribution in [0.25, 0.3) is 0 Å². The molecule has 0 radical (unpaired) electrons. The van der Waals surface area contributed by atoms with Crippen molar-refractivity contribution in [1.82, 2.24) is 15.5 Å². The van der Waals surface area contributed by atoms with Crippen LogP contribution in [0, 0.1) is 0 Å². The molecular weight excluding hydrogens is 370 g/mol. The fourth-order valence-electron chi connectivity index (χ4n) is 3.56. The number of carbonyl (C=O) groups is 2. The van der Waals surface area contributed by atoms with Gasteiger partial charge in [0, 0.05) is 24.7 Å². The summed E-state index contributed by atoms with van der Waals surface area (Å²) in [7, 11) is 0. The first-order valence-corrected chi connectivity index (χ1v) is 9.96. The Kier molecular flexibility index (Phi) is 5.84. The highest BCUT2D eigenvalue weighted by Crippen LogP contribution is 2.30. The number of benzene rings is 2. The van der Waals surface area contributed by atoms with E-state index in [0.29, 0.717) is 37.6 Å². The molecule has 2 heterocycles. The zero-order valence-electron chi connectivity index (χ0n) is 16.2. The van der Waals surface area contributed by atoms with Gasteiger partial charge in [-0.2, -0.15) is 0 Å². The van der Waals surface area contributed by atoms with Crippen LogP contribution in [-0.2, 0) is 0 Å². The minimum Gasteiger partial charge on any atom is -0.486 e. The van der Waals surface area contributed by atoms with Crippen molar-refractivity contribution in [2.45, 2.75) is 25.0 Å². The van der Waals surface area contributed by atoms with Crippen LogP contribution in [0.3, 0.4) is 0 Å². The number of piperidine rings is 1. The Morgan fingerprint density at radius 2 is 1.66 bits per heavy atom. The van der Waals surface area contributed by atoms with Gasteiger partial charge in [0.15, 0.2) is 17.6 Å². The molecule has 3 amide bonds. The van der Waals surface area contributed by atoms with Crippen molar-refractivity contribution in [2.75, 3.05) is 26.2 Å². The molecule has 2 N–H and O–H groups in total. The predicted molar refractivity (Wildman–Crippen MR) is 108 cm³/mol. The Bertz CT molecular complexity index is 850. The number of hydrogen-bond acceptors (Lipinski definition) is 4. The van der Waals surface area contributed by atoms with Gasteiger partial charge in [-0.05, 0) is 37.1 Å². The summed E-state index contributed by atoms with van der Waals surface area (Å²) in [6.45, 7) is 2.01. The molecule has 0 aliphatic carbocycles. The molecule has 2 aliphatic rings. The van der Waals surface area contributed by atoms with E-state index in [4.69, 9.17) is 9.47 Å². The first-order chi connectivity index (χ1) is 14.2. The van der Waals surface area contributed by atoms with E-state index in [1.54, 1.807) is 17.0 Å². The fourth-order valence-corrected chi connectivity index (χ4v) is 3.56. The topological polar surface area (TPSA) is 79.9 Å². The number of amides is 3. The molecule has 2 aromatic carbocycles. The lowest BCUT2D eigenvalue weighted by atomic mass is 10.0. The maximum absolute atomic E-state index is 12.5. The van der Waals surface area contributed by atoms with E-state index in [-0.39, 0.29) is 24.1 Å². The van der Waals surface area contributed by atoms with Crippen molar-refractivity contribution < 1.29 is 19.1 Å². The van der Waals surface area contributed by atoms with Gasteiger partial charge in [-0.15, -0.1) is 0 Å². The molecule has 2 aromatic rings. The summed E-state index contributed by atoms with van der Waals surface area (Å²) in [6.07, 6.45) is 1.27. The maximum Gasteiger partial charge on any atom is 0.317 e. The minimum absolute atomic E-state index is 0.0665. The predicted octanol–water partition coefficient (Wildman–Crippen LogP) is 2.43. The number of carbonyl (C=O) groups excluding carboxylic acids is 2. The summed E-state index contributed by atoms with van der Waals surface area (Å²) in [4.78, 5) is 26.5. The molecular formula is C22H25N3O4. The smallest absolute Gasteiger partial charge is 0.317 e. The van der Waals surface area contributed by atoms with E-state index in [9.17, 15) is 9.59 Å². The molecule has 1 saturated heterocycles. The number of nitrogens with one attached hydrogen (secondary N) is 2. The second kappa shape index (κ2) is 8.86. The van der Waals surface area contributed by atoms with Crippen molar-refractivity contribution in [3.63, 3.8) is 0 Å². The second-order valence-corrected chi connectivity index (χ2v) is 7.28. The molecule has 0 unspecified atom stereocenters. The number of rotatable bonds is 4. The third kappa shape index (κ3) is 4.80. The van der Waals surface area contributed by atoms with E-state index in [1.807, 2.05) is 42.5 Å². The summed E-state index contributed by atoms with van der Waals surface area (Å²) < 4.78 is 11.5. The highest BCUT2D eigenvalue weighted by molar-refractivity contribution is 5.94. The molecule has 1 fully saturated rings. The van der Waals surface area contributed by atoms with E-state index < -0.39 is 0 Å².